The average molecular weight is 143 g/mol. The van der Waals surface area contributed by atoms with Crippen LogP contribution in [0.3, 0.4) is 0 Å². The monoisotopic (exact) mass is 143 g/mol. The summed E-state index contributed by atoms with van der Waals surface area (Å²) in [7, 11) is 0. The Bertz CT molecular complexity index is 143. The summed E-state index contributed by atoms with van der Waals surface area (Å²) in [6.45, 7) is 3.51. The van der Waals surface area contributed by atoms with Gasteiger partial charge in [-0.15, -0.1) is 0 Å². The zero-order chi connectivity index (χ0) is 8.15. The third kappa shape index (κ3) is 2.17. The Morgan fingerprint density at radius 1 is 1.40 bits per heavy atom. The Balaban J connectivity index is 4.06. The minimum atomic E-state index is -0.565. The van der Waals surface area contributed by atoms with Gasteiger partial charge in [-0.2, -0.15) is 0 Å². The molecule has 3 heteroatoms. The van der Waals surface area contributed by atoms with Gasteiger partial charge >= 0.3 is 0 Å². The second-order valence-electron chi connectivity index (χ2n) is 2.18. The second-order valence-corrected chi connectivity index (χ2v) is 2.18. The molecule has 0 bridgehead atoms. The van der Waals surface area contributed by atoms with Gasteiger partial charge in [-0.1, -0.05) is 13.8 Å². The summed E-state index contributed by atoms with van der Waals surface area (Å²) in [4.78, 5) is 21.4. The van der Waals surface area contributed by atoms with Crippen LogP contribution in [-0.4, -0.2) is 11.7 Å². The summed E-state index contributed by atoms with van der Waals surface area (Å²) >= 11 is 0. The molecule has 0 radical (unpaired) electrons. The molecule has 3 nitrogen and oxygen atoms in total. The number of amides is 1. The highest BCUT2D eigenvalue weighted by molar-refractivity contribution is 6.00. The number of primary amides is 1. The number of nitrogens with two attached hydrogens (primary N) is 1. The molecule has 1 amide bonds. The van der Waals surface area contributed by atoms with Gasteiger partial charge in [-0.25, -0.2) is 0 Å². The van der Waals surface area contributed by atoms with Gasteiger partial charge in [0.25, 0.3) is 0 Å². The van der Waals surface area contributed by atoms with E-state index in [1.807, 2.05) is 0 Å². The van der Waals surface area contributed by atoms with E-state index in [1.54, 1.807) is 13.8 Å². The molecule has 0 aliphatic rings. The van der Waals surface area contributed by atoms with Crippen LogP contribution in [0.4, 0.5) is 0 Å². The average Bonchev–Trinajstić information content (AvgIpc) is 1.88. The maximum Gasteiger partial charge on any atom is 0.227 e. The van der Waals surface area contributed by atoms with Gasteiger partial charge in [0.15, 0.2) is 0 Å². The molecule has 1 atom stereocenters. The van der Waals surface area contributed by atoms with Crippen molar-refractivity contribution in [2.24, 2.45) is 11.7 Å². The van der Waals surface area contributed by atoms with Crippen molar-refractivity contribution >= 4 is 11.7 Å². The third-order valence-electron chi connectivity index (χ3n) is 1.49. The first-order valence-electron chi connectivity index (χ1n) is 3.45. The van der Waals surface area contributed by atoms with Crippen molar-refractivity contribution in [3.63, 3.8) is 0 Å². The normalized spacial score (nSPS) is 12.6. The molecule has 0 heterocycles. The summed E-state index contributed by atoms with van der Waals surface area (Å²) < 4.78 is 0. The molecule has 1 unspecified atom stereocenters. The molecule has 0 aromatic carbocycles. The highest BCUT2D eigenvalue weighted by Crippen LogP contribution is 2.04. The molecular weight excluding hydrogens is 130 g/mol. The minimum absolute atomic E-state index is 0.0602. The number of hydrogen-bond acceptors (Lipinski definition) is 2. The van der Waals surface area contributed by atoms with E-state index in [-0.39, 0.29) is 5.78 Å². The van der Waals surface area contributed by atoms with Crippen LogP contribution in [0.2, 0.25) is 0 Å². The molecule has 2 N–H and O–H groups in total. The van der Waals surface area contributed by atoms with E-state index < -0.39 is 11.8 Å². The lowest BCUT2D eigenvalue weighted by Gasteiger charge is -2.06. The summed E-state index contributed by atoms with van der Waals surface area (Å²) in [6.07, 6.45) is 0.906. The number of ketones is 1. The molecule has 0 fully saturated rings. The maximum atomic E-state index is 10.9. The predicted octanol–water partition coefficient (Wildman–Crippen LogP) is 0.477. The fourth-order valence-electron chi connectivity index (χ4n) is 0.834. The number of Topliss-reactive ketones (excluding diaryl/α,β-unsaturated/α-hetero) is 1. The molecule has 0 spiro atoms. The fraction of sp³-hybridized carbons (Fsp3) is 0.714. The van der Waals surface area contributed by atoms with E-state index in [0.717, 1.165) is 0 Å². The lowest BCUT2D eigenvalue weighted by atomic mass is 9.99. The Hall–Kier alpha value is -0.860. The van der Waals surface area contributed by atoms with Crippen molar-refractivity contribution in [3.8, 4) is 0 Å². The molecule has 0 saturated carbocycles. The Morgan fingerprint density at radius 3 is 2.00 bits per heavy atom. The first kappa shape index (κ1) is 9.14. The quantitative estimate of drug-likeness (QED) is 0.582. The lowest BCUT2D eigenvalue weighted by Crippen LogP contribution is -2.29. The van der Waals surface area contributed by atoms with Crippen molar-refractivity contribution in [2.75, 3.05) is 0 Å². The largest absolute Gasteiger partial charge is 0.369 e. The summed E-state index contributed by atoms with van der Waals surface area (Å²) in [5.74, 6) is -1.13. The SMILES string of the molecule is CCC(=O)C(CC)C(N)=O. The number of carbonyl (C=O) groups excluding carboxylic acids is 2. The molecule has 10 heavy (non-hydrogen) atoms. The van der Waals surface area contributed by atoms with Crippen LogP contribution in [0.5, 0.6) is 0 Å². The standard InChI is InChI=1S/C7H13NO2/c1-3-5(7(8)10)6(9)4-2/h5H,3-4H2,1-2H3,(H2,8,10). The van der Waals surface area contributed by atoms with E-state index in [9.17, 15) is 9.59 Å². The van der Waals surface area contributed by atoms with Crippen LogP contribution < -0.4 is 5.73 Å². The smallest absolute Gasteiger partial charge is 0.227 e. The van der Waals surface area contributed by atoms with Crippen molar-refractivity contribution in [2.45, 2.75) is 26.7 Å². The van der Waals surface area contributed by atoms with E-state index in [1.165, 1.54) is 0 Å². The predicted molar refractivity (Wildman–Crippen MR) is 38.3 cm³/mol. The molecular formula is C7H13NO2. The highest BCUT2D eigenvalue weighted by atomic mass is 16.2. The van der Waals surface area contributed by atoms with E-state index in [2.05, 4.69) is 0 Å². The molecule has 0 rings (SSSR count). The number of hydrogen-bond donors (Lipinski definition) is 1. The van der Waals surface area contributed by atoms with E-state index in [4.69, 9.17) is 5.73 Å². The van der Waals surface area contributed by atoms with E-state index >= 15 is 0 Å². The van der Waals surface area contributed by atoms with Gasteiger partial charge in [0, 0.05) is 6.42 Å². The first-order chi connectivity index (χ1) is 4.63. The Kier molecular flexibility index (Phi) is 3.69. The minimum Gasteiger partial charge on any atom is -0.369 e. The van der Waals surface area contributed by atoms with Crippen LogP contribution in [0, 0.1) is 5.92 Å². The van der Waals surface area contributed by atoms with Crippen molar-refractivity contribution in [3.05, 3.63) is 0 Å². The molecule has 0 aromatic heterocycles. The second kappa shape index (κ2) is 4.04. The van der Waals surface area contributed by atoms with Crippen LogP contribution in [0.15, 0.2) is 0 Å². The highest BCUT2D eigenvalue weighted by Gasteiger charge is 2.19. The number of rotatable bonds is 4. The molecule has 0 aromatic rings. The lowest BCUT2D eigenvalue weighted by molar-refractivity contribution is -0.132. The van der Waals surface area contributed by atoms with E-state index in [0.29, 0.717) is 12.8 Å². The topological polar surface area (TPSA) is 60.2 Å². The fourth-order valence-corrected chi connectivity index (χ4v) is 0.834. The van der Waals surface area contributed by atoms with Gasteiger partial charge in [0.05, 0.1) is 5.92 Å². The van der Waals surface area contributed by atoms with Crippen LogP contribution >= 0.6 is 0 Å². The van der Waals surface area contributed by atoms with Gasteiger partial charge in [-0.05, 0) is 6.42 Å². The van der Waals surface area contributed by atoms with Gasteiger partial charge < -0.3 is 5.73 Å². The van der Waals surface area contributed by atoms with Crippen LogP contribution in [0.25, 0.3) is 0 Å². The third-order valence-corrected chi connectivity index (χ3v) is 1.49. The maximum absolute atomic E-state index is 10.9. The Labute approximate surface area is 60.6 Å². The van der Waals surface area contributed by atoms with Crippen molar-refractivity contribution < 1.29 is 9.59 Å². The van der Waals surface area contributed by atoms with Crippen molar-refractivity contribution in [1.29, 1.82) is 0 Å². The molecule has 0 aliphatic heterocycles. The summed E-state index contributed by atoms with van der Waals surface area (Å²) in [6, 6.07) is 0. The first-order valence-corrected chi connectivity index (χ1v) is 3.45. The number of carbonyl (C=O) groups is 2. The van der Waals surface area contributed by atoms with Crippen LogP contribution in [0.1, 0.15) is 26.7 Å². The zero-order valence-corrected chi connectivity index (χ0v) is 6.39. The van der Waals surface area contributed by atoms with Gasteiger partial charge in [0.1, 0.15) is 5.78 Å². The van der Waals surface area contributed by atoms with Gasteiger partial charge in [0.2, 0.25) is 5.91 Å². The molecule has 0 saturated heterocycles. The molecule has 0 aliphatic carbocycles. The Morgan fingerprint density at radius 2 is 1.90 bits per heavy atom. The van der Waals surface area contributed by atoms with Gasteiger partial charge in [-0.3, -0.25) is 9.59 Å². The van der Waals surface area contributed by atoms with Crippen LogP contribution in [-0.2, 0) is 9.59 Å². The molecule has 58 valence electrons. The summed E-state index contributed by atoms with van der Waals surface area (Å²) in [5.41, 5.74) is 4.96. The zero-order valence-electron chi connectivity index (χ0n) is 6.39. The van der Waals surface area contributed by atoms with Crippen molar-refractivity contribution in [1.82, 2.24) is 0 Å². The summed E-state index contributed by atoms with van der Waals surface area (Å²) in [5, 5.41) is 0.